The van der Waals surface area contributed by atoms with Crippen molar-refractivity contribution in [2.45, 2.75) is 13.2 Å². The third kappa shape index (κ3) is 3.80. The monoisotopic (exact) mass is 312 g/mol. The second-order valence-corrected chi connectivity index (χ2v) is 5.25. The van der Waals surface area contributed by atoms with Crippen molar-refractivity contribution in [1.29, 1.82) is 0 Å². The molecule has 0 fully saturated rings. The summed E-state index contributed by atoms with van der Waals surface area (Å²) in [6, 6.07) is 8.34. The van der Waals surface area contributed by atoms with E-state index in [-0.39, 0.29) is 0 Å². The molecule has 90 valence electrons. The largest absolute Gasteiger partial charge is 0.380 e. The zero-order valence-electron chi connectivity index (χ0n) is 9.44. The first-order valence-corrected chi connectivity index (χ1v) is 6.87. The minimum Gasteiger partial charge on any atom is -0.380 e. The molecule has 0 unspecified atom stereocenters. The summed E-state index contributed by atoms with van der Waals surface area (Å²) in [7, 11) is 1.71. The number of hydrogen-bond donors (Lipinski definition) is 1. The van der Waals surface area contributed by atoms with Crippen LogP contribution < -0.4 is 5.32 Å². The molecule has 17 heavy (non-hydrogen) atoms. The maximum Gasteiger partial charge on any atom is 0.184 e. The first kappa shape index (κ1) is 12.5. The van der Waals surface area contributed by atoms with Crippen LogP contribution in [0.3, 0.4) is 0 Å². The molecule has 1 aromatic heterocycles. The summed E-state index contributed by atoms with van der Waals surface area (Å²) in [5.41, 5.74) is 2.41. The molecule has 0 bridgehead atoms. The Hall–Kier alpha value is -0.910. The van der Waals surface area contributed by atoms with Crippen LogP contribution in [0.4, 0.5) is 5.13 Å². The lowest BCUT2D eigenvalue weighted by atomic mass is 10.1. The number of aromatic nitrogens is 1. The van der Waals surface area contributed by atoms with Gasteiger partial charge < -0.3 is 10.1 Å². The average molecular weight is 313 g/mol. The number of hydrogen-bond acceptors (Lipinski definition) is 4. The van der Waals surface area contributed by atoms with Crippen LogP contribution in [-0.4, -0.2) is 12.1 Å². The number of methoxy groups -OCH3 is 1. The molecular weight excluding hydrogens is 300 g/mol. The summed E-state index contributed by atoms with van der Waals surface area (Å²) < 4.78 is 5.99. The molecule has 1 aromatic carbocycles. The first-order chi connectivity index (χ1) is 8.28. The zero-order valence-corrected chi connectivity index (χ0v) is 11.8. The van der Waals surface area contributed by atoms with E-state index in [2.05, 4.69) is 44.4 Å². The predicted octanol–water partition coefficient (Wildman–Crippen LogP) is 3.66. The van der Waals surface area contributed by atoms with Gasteiger partial charge in [0.15, 0.2) is 5.13 Å². The lowest BCUT2D eigenvalue weighted by Gasteiger charge is -2.05. The fourth-order valence-corrected chi connectivity index (χ4v) is 2.65. The molecule has 2 rings (SSSR count). The predicted molar refractivity (Wildman–Crippen MR) is 74.3 cm³/mol. The summed E-state index contributed by atoms with van der Waals surface area (Å²) >= 11 is 4.92. The van der Waals surface area contributed by atoms with Crippen molar-refractivity contribution in [3.05, 3.63) is 45.4 Å². The summed E-state index contributed by atoms with van der Waals surface area (Å²) in [5.74, 6) is 0. The van der Waals surface area contributed by atoms with E-state index < -0.39 is 0 Å². The fraction of sp³-hybridized carbons (Fsp3) is 0.250. The molecule has 0 radical (unpaired) electrons. The van der Waals surface area contributed by atoms with Gasteiger partial charge >= 0.3 is 0 Å². The normalized spacial score (nSPS) is 10.5. The second kappa shape index (κ2) is 6.14. The quantitative estimate of drug-likeness (QED) is 0.914. The SMILES string of the molecule is COCc1cccc(CNc2nc(Br)cs2)c1. The number of halogens is 1. The Kier molecular flexibility index (Phi) is 4.53. The minimum atomic E-state index is 0.649. The summed E-state index contributed by atoms with van der Waals surface area (Å²) in [6.45, 7) is 1.42. The molecular formula is C12H13BrN2OS. The van der Waals surface area contributed by atoms with Gasteiger partial charge in [-0.2, -0.15) is 0 Å². The van der Waals surface area contributed by atoms with Crippen LogP contribution in [0.5, 0.6) is 0 Å². The number of benzene rings is 1. The smallest absolute Gasteiger partial charge is 0.184 e. The topological polar surface area (TPSA) is 34.1 Å². The van der Waals surface area contributed by atoms with E-state index in [1.807, 2.05) is 11.4 Å². The fourth-order valence-electron chi connectivity index (χ4n) is 1.51. The Balaban J connectivity index is 1.96. The maximum atomic E-state index is 5.11. The van der Waals surface area contributed by atoms with Gasteiger partial charge in [-0.05, 0) is 27.1 Å². The van der Waals surface area contributed by atoms with Gasteiger partial charge in [0, 0.05) is 19.0 Å². The van der Waals surface area contributed by atoms with E-state index in [0.717, 1.165) is 16.3 Å². The zero-order chi connectivity index (χ0) is 12.1. The van der Waals surface area contributed by atoms with Crippen LogP contribution in [0, 0.1) is 0 Å². The van der Waals surface area contributed by atoms with Crippen LogP contribution in [0.2, 0.25) is 0 Å². The van der Waals surface area contributed by atoms with E-state index >= 15 is 0 Å². The molecule has 3 nitrogen and oxygen atoms in total. The van der Waals surface area contributed by atoms with Crippen LogP contribution in [0.25, 0.3) is 0 Å². The van der Waals surface area contributed by atoms with Gasteiger partial charge in [0.25, 0.3) is 0 Å². The van der Waals surface area contributed by atoms with Gasteiger partial charge in [0.1, 0.15) is 4.60 Å². The highest BCUT2D eigenvalue weighted by Gasteiger charge is 2.00. The van der Waals surface area contributed by atoms with Gasteiger partial charge in [-0.1, -0.05) is 24.3 Å². The lowest BCUT2D eigenvalue weighted by molar-refractivity contribution is 0.185. The number of nitrogens with one attached hydrogen (secondary N) is 1. The number of rotatable bonds is 5. The summed E-state index contributed by atoms with van der Waals surface area (Å²) in [5, 5.41) is 6.17. The molecule has 0 saturated carbocycles. The highest BCUT2D eigenvalue weighted by Crippen LogP contribution is 2.20. The van der Waals surface area contributed by atoms with Crippen LogP contribution >= 0.6 is 27.3 Å². The first-order valence-electron chi connectivity index (χ1n) is 5.19. The summed E-state index contributed by atoms with van der Waals surface area (Å²) in [6.07, 6.45) is 0. The minimum absolute atomic E-state index is 0.649. The van der Waals surface area contributed by atoms with Gasteiger partial charge in [0.05, 0.1) is 6.61 Å². The number of thiazole rings is 1. The van der Waals surface area contributed by atoms with E-state index in [4.69, 9.17) is 4.74 Å². The Morgan fingerprint density at radius 3 is 2.94 bits per heavy atom. The lowest BCUT2D eigenvalue weighted by Crippen LogP contribution is -1.99. The van der Waals surface area contributed by atoms with Crippen LogP contribution in [0.1, 0.15) is 11.1 Å². The Morgan fingerprint density at radius 2 is 2.24 bits per heavy atom. The van der Waals surface area contributed by atoms with Crippen molar-refractivity contribution in [3.63, 3.8) is 0 Å². The average Bonchev–Trinajstić information content (AvgIpc) is 2.74. The Bertz CT molecular complexity index is 487. The van der Waals surface area contributed by atoms with Crippen LogP contribution in [0.15, 0.2) is 34.2 Å². The van der Waals surface area contributed by atoms with Crippen molar-refractivity contribution < 1.29 is 4.74 Å². The number of anilines is 1. The van der Waals surface area contributed by atoms with Gasteiger partial charge in [-0.25, -0.2) is 4.98 Å². The van der Waals surface area contributed by atoms with E-state index in [9.17, 15) is 0 Å². The van der Waals surface area contributed by atoms with Crippen molar-refractivity contribution >= 4 is 32.4 Å². The molecule has 0 aliphatic heterocycles. The summed E-state index contributed by atoms with van der Waals surface area (Å²) in [4.78, 5) is 4.28. The second-order valence-electron chi connectivity index (χ2n) is 3.58. The molecule has 0 atom stereocenters. The van der Waals surface area contributed by atoms with Crippen molar-refractivity contribution in [1.82, 2.24) is 4.98 Å². The molecule has 0 aliphatic carbocycles. The molecule has 0 amide bonds. The molecule has 1 N–H and O–H groups in total. The standard InChI is InChI=1S/C12H13BrN2OS/c1-16-7-10-4-2-3-9(5-10)6-14-12-15-11(13)8-17-12/h2-5,8H,6-7H2,1H3,(H,14,15). The number of ether oxygens (including phenoxy) is 1. The van der Waals surface area contributed by atoms with E-state index in [0.29, 0.717) is 6.61 Å². The van der Waals surface area contributed by atoms with Crippen molar-refractivity contribution in [2.24, 2.45) is 0 Å². The van der Waals surface area contributed by atoms with E-state index in [1.54, 1.807) is 18.4 Å². The van der Waals surface area contributed by atoms with Crippen molar-refractivity contribution in [3.8, 4) is 0 Å². The highest BCUT2D eigenvalue weighted by atomic mass is 79.9. The van der Waals surface area contributed by atoms with Gasteiger partial charge in [-0.15, -0.1) is 11.3 Å². The Labute approximate surface area is 113 Å². The van der Waals surface area contributed by atoms with E-state index in [1.165, 1.54) is 11.1 Å². The van der Waals surface area contributed by atoms with Gasteiger partial charge in [0.2, 0.25) is 0 Å². The molecule has 0 aliphatic rings. The number of nitrogens with zero attached hydrogens (tertiary/aromatic N) is 1. The molecule has 5 heteroatoms. The molecule has 0 spiro atoms. The van der Waals surface area contributed by atoms with Gasteiger partial charge in [-0.3, -0.25) is 0 Å². The molecule has 0 saturated heterocycles. The highest BCUT2D eigenvalue weighted by molar-refractivity contribution is 9.10. The Morgan fingerprint density at radius 1 is 1.41 bits per heavy atom. The van der Waals surface area contributed by atoms with Crippen LogP contribution in [-0.2, 0) is 17.9 Å². The third-order valence-electron chi connectivity index (χ3n) is 2.22. The third-order valence-corrected chi connectivity index (χ3v) is 3.73. The molecule has 1 heterocycles. The van der Waals surface area contributed by atoms with Crippen molar-refractivity contribution in [2.75, 3.05) is 12.4 Å². The molecule has 2 aromatic rings. The maximum absolute atomic E-state index is 5.11.